The zero-order valence-corrected chi connectivity index (χ0v) is 14.9. The lowest BCUT2D eigenvalue weighted by atomic mass is 10.2. The molecule has 0 amide bonds. The van der Waals surface area contributed by atoms with Crippen molar-refractivity contribution in [1.82, 2.24) is 14.3 Å². The van der Waals surface area contributed by atoms with Gasteiger partial charge in [0.1, 0.15) is 18.4 Å². The van der Waals surface area contributed by atoms with Crippen molar-refractivity contribution in [3.63, 3.8) is 0 Å². The van der Waals surface area contributed by atoms with E-state index in [9.17, 15) is 20.0 Å². The Labute approximate surface area is 156 Å². The van der Waals surface area contributed by atoms with Gasteiger partial charge < -0.3 is 21.0 Å². The molecule has 4 N–H and O–H groups in total. The van der Waals surface area contributed by atoms with Crippen LogP contribution in [0.1, 0.15) is 6.42 Å². The number of carboxylic acid groups (broad SMARTS) is 1. The maximum atomic E-state index is 11.4. The second-order valence-corrected chi connectivity index (χ2v) is 6.60. The van der Waals surface area contributed by atoms with Crippen molar-refractivity contribution in [2.45, 2.75) is 23.9 Å². The average molecular weight is 406 g/mol. The maximum Gasteiger partial charge on any atom is 0.434 e. The number of nitrogens with one attached hydrogen (secondary N) is 1. The molecule has 134 valence electrons. The SMILES string of the molecule is Nc1c(Cl)cc(SNC(CCn2ccnc2[N+](=O)[O-])C(=O)O)cc1Cl. The highest BCUT2D eigenvalue weighted by atomic mass is 35.5. The van der Waals surface area contributed by atoms with Crippen molar-refractivity contribution in [2.24, 2.45) is 0 Å². The van der Waals surface area contributed by atoms with Crippen LogP contribution in [0.15, 0.2) is 29.4 Å². The number of halogens is 2. The van der Waals surface area contributed by atoms with Crippen LogP contribution in [0.25, 0.3) is 0 Å². The first-order chi connectivity index (χ1) is 11.8. The summed E-state index contributed by atoms with van der Waals surface area (Å²) in [5.41, 5.74) is 5.89. The van der Waals surface area contributed by atoms with Gasteiger partial charge in [-0.25, -0.2) is 9.29 Å². The number of carboxylic acids is 1. The number of aliphatic carboxylic acids is 1. The number of nitrogens with zero attached hydrogens (tertiary/aromatic N) is 3. The van der Waals surface area contributed by atoms with E-state index in [0.29, 0.717) is 4.90 Å². The molecule has 0 saturated heterocycles. The summed E-state index contributed by atoms with van der Waals surface area (Å²) in [6.07, 6.45) is 2.81. The molecule has 25 heavy (non-hydrogen) atoms. The molecule has 0 spiro atoms. The van der Waals surface area contributed by atoms with E-state index in [1.807, 2.05) is 0 Å². The molecule has 0 radical (unpaired) electrons. The standard InChI is InChI=1S/C13H13Cl2N5O4S/c14-8-5-7(6-9(15)11(8)16)25-18-10(12(21)22)1-3-19-4-2-17-13(19)20(23)24/h2,4-6,10,18H,1,3,16H2,(H,21,22). The number of aromatic nitrogens is 2. The van der Waals surface area contributed by atoms with Gasteiger partial charge in [0.2, 0.25) is 0 Å². The zero-order chi connectivity index (χ0) is 18.6. The minimum absolute atomic E-state index is 0.107. The lowest BCUT2D eigenvalue weighted by Crippen LogP contribution is -2.33. The fraction of sp³-hybridized carbons (Fsp3) is 0.231. The highest BCUT2D eigenvalue weighted by molar-refractivity contribution is 7.97. The van der Waals surface area contributed by atoms with E-state index in [1.54, 1.807) is 12.1 Å². The molecule has 0 bridgehead atoms. The number of rotatable bonds is 8. The van der Waals surface area contributed by atoms with Gasteiger partial charge in [-0.3, -0.25) is 4.79 Å². The molecule has 1 aromatic heterocycles. The highest BCUT2D eigenvalue weighted by Gasteiger charge is 2.21. The number of nitro groups is 1. The number of imidazole rings is 1. The van der Waals surface area contributed by atoms with Crippen LogP contribution in [0.2, 0.25) is 10.0 Å². The number of benzene rings is 1. The summed E-state index contributed by atoms with van der Waals surface area (Å²) in [6, 6.07) is 2.15. The van der Waals surface area contributed by atoms with Gasteiger partial charge in [-0.05, 0) is 29.0 Å². The molecule has 9 nitrogen and oxygen atoms in total. The smallest absolute Gasteiger partial charge is 0.434 e. The zero-order valence-electron chi connectivity index (χ0n) is 12.6. The monoisotopic (exact) mass is 405 g/mol. The van der Waals surface area contributed by atoms with E-state index in [1.165, 1.54) is 17.0 Å². The largest absolute Gasteiger partial charge is 0.480 e. The van der Waals surface area contributed by atoms with Crippen LogP contribution in [0.4, 0.5) is 11.6 Å². The highest BCUT2D eigenvalue weighted by Crippen LogP contribution is 2.32. The summed E-state index contributed by atoms with van der Waals surface area (Å²) in [4.78, 5) is 25.8. The lowest BCUT2D eigenvalue weighted by Gasteiger charge is -2.14. The number of nitrogen functional groups attached to an aromatic ring is 1. The first-order valence-electron chi connectivity index (χ1n) is 6.84. The fourth-order valence-corrected chi connectivity index (χ4v) is 3.37. The van der Waals surface area contributed by atoms with E-state index in [2.05, 4.69) is 9.71 Å². The normalized spacial score (nSPS) is 12.1. The van der Waals surface area contributed by atoms with Crippen molar-refractivity contribution in [2.75, 3.05) is 5.73 Å². The number of carbonyl (C=O) groups is 1. The van der Waals surface area contributed by atoms with Gasteiger partial charge in [0.05, 0.1) is 22.3 Å². The molecule has 1 atom stereocenters. The van der Waals surface area contributed by atoms with Crippen molar-refractivity contribution >= 4 is 52.8 Å². The summed E-state index contributed by atoms with van der Waals surface area (Å²) in [7, 11) is 0. The minimum Gasteiger partial charge on any atom is -0.480 e. The number of hydrogen-bond acceptors (Lipinski definition) is 7. The van der Waals surface area contributed by atoms with E-state index >= 15 is 0 Å². The van der Waals surface area contributed by atoms with Gasteiger partial charge in [-0.1, -0.05) is 28.2 Å². The summed E-state index contributed by atoms with van der Waals surface area (Å²) in [5, 5.41) is 20.6. The predicted molar refractivity (Wildman–Crippen MR) is 94.8 cm³/mol. The molecule has 2 aromatic rings. The van der Waals surface area contributed by atoms with Crippen LogP contribution in [0, 0.1) is 10.1 Å². The fourth-order valence-electron chi connectivity index (χ4n) is 1.91. The molecule has 1 heterocycles. The van der Waals surface area contributed by atoms with Crippen LogP contribution in [-0.4, -0.2) is 31.6 Å². The molecule has 0 saturated carbocycles. The molecular weight excluding hydrogens is 393 g/mol. The Morgan fingerprint density at radius 2 is 2.12 bits per heavy atom. The topological polar surface area (TPSA) is 136 Å². The van der Waals surface area contributed by atoms with E-state index in [4.69, 9.17) is 28.9 Å². The molecule has 1 unspecified atom stereocenters. The Morgan fingerprint density at radius 3 is 2.68 bits per heavy atom. The number of anilines is 1. The van der Waals surface area contributed by atoms with Gasteiger partial charge in [0.25, 0.3) is 0 Å². The Morgan fingerprint density at radius 1 is 1.48 bits per heavy atom. The predicted octanol–water partition coefficient (Wildman–Crippen LogP) is 2.82. The third kappa shape index (κ3) is 4.98. The molecule has 0 fully saturated rings. The maximum absolute atomic E-state index is 11.4. The van der Waals surface area contributed by atoms with Crippen molar-refractivity contribution in [3.05, 3.63) is 44.7 Å². The summed E-state index contributed by atoms with van der Waals surface area (Å²) < 4.78 is 4.05. The van der Waals surface area contributed by atoms with Crippen LogP contribution >= 0.6 is 35.1 Å². The lowest BCUT2D eigenvalue weighted by molar-refractivity contribution is -0.396. The Bertz CT molecular complexity index is 777. The van der Waals surface area contributed by atoms with Crippen molar-refractivity contribution in [3.8, 4) is 0 Å². The average Bonchev–Trinajstić information content (AvgIpc) is 3.00. The summed E-state index contributed by atoms with van der Waals surface area (Å²) >= 11 is 12.9. The molecule has 0 aliphatic rings. The van der Waals surface area contributed by atoms with Crippen LogP contribution in [0.5, 0.6) is 0 Å². The van der Waals surface area contributed by atoms with Crippen molar-refractivity contribution < 1.29 is 14.8 Å². The summed E-state index contributed by atoms with van der Waals surface area (Å²) in [6.45, 7) is 0.115. The number of aryl methyl sites for hydroxylation is 1. The third-order valence-corrected chi connectivity index (χ3v) is 4.68. The van der Waals surface area contributed by atoms with Gasteiger partial charge in [0.15, 0.2) is 0 Å². The van der Waals surface area contributed by atoms with Gasteiger partial charge in [-0.2, -0.15) is 0 Å². The van der Waals surface area contributed by atoms with Gasteiger partial charge in [0, 0.05) is 11.3 Å². The van der Waals surface area contributed by atoms with Gasteiger partial charge >= 0.3 is 11.9 Å². The van der Waals surface area contributed by atoms with Gasteiger partial charge in [-0.15, -0.1) is 0 Å². The Hall–Kier alpha value is -2.01. The van der Waals surface area contributed by atoms with Crippen LogP contribution in [0.3, 0.4) is 0 Å². The second kappa shape index (κ2) is 8.39. The Kier molecular flexibility index (Phi) is 6.48. The van der Waals surface area contributed by atoms with Crippen LogP contribution < -0.4 is 10.5 Å². The number of hydrogen-bond donors (Lipinski definition) is 3. The third-order valence-electron chi connectivity index (χ3n) is 3.19. The first-order valence-corrected chi connectivity index (χ1v) is 8.42. The number of nitrogens with two attached hydrogens (primary N) is 1. The quantitative estimate of drug-likeness (QED) is 0.264. The molecule has 0 aliphatic heterocycles. The first kappa shape index (κ1) is 19.3. The Balaban J connectivity index is 2.00. The molecule has 2 rings (SSSR count). The van der Waals surface area contributed by atoms with Crippen LogP contribution in [-0.2, 0) is 11.3 Å². The van der Waals surface area contributed by atoms with E-state index in [0.717, 1.165) is 11.9 Å². The second-order valence-electron chi connectivity index (χ2n) is 4.88. The van der Waals surface area contributed by atoms with E-state index < -0.39 is 16.9 Å². The molecular formula is C13H13Cl2N5O4S. The molecule has 1 aromatic carbocycles. The van der Waals surface area contributed by atoms with Crippen molar-refractivity contribution in [1.29, 1.82) is 0 Å². The summed E-state index contributed by atoms with van der Waals surface area (Å²) in [5.74, 6) is -1.43. The molecule has 12 heteroatoms. The van der Waals surface area contributed by atoms with E-state index in [-0.39, 0.29) is 34.6 Å². The minimum atomic E-state index is -1.09. The molecule has 0 aliphatic carbocycles.